The van der Waals surface area contributed by atoms with Gasteiger partial charge in [0.1, 0.15) is 5.75 Å². The predicted octanol–water partition coefficient (Wildman–Crippen LogP) is 3.52. The molecule has 0 fully saturated rings. The number of rotatable bonds is 3. The Morgan fingerprint density at radius 1 is 1.00 bits per heavy atom. The van der Waals surface area contributed by atoms with E-state index in [9.17, 15) is 0 Å². The van der Waals surface area contributed by atoms with Gasteiger partial charge in [0.2, 0.25) is 0 Å². The van der Waals surface area contributed by atoms with Gasteiger partial charge in [-0.3, -0.25) is 0 Å². The lowest BCUT2D eigenvalue weighted by Gasteiger charge is -2.14. The molecule has 104 valence electrons. The summed E-state index contributed by atoms with van der Waals surface area (Å²) in [6.45, 7) is 2.06. The second-order valence-corrected chi connectivity index (χ2v) is 4.76. The first-order valence-corrected chi connectivity index (χ1v) is 6.47. The summed E-state index contributed by atoms with van der Waals surface area (Å²) in [5.74, 6) is 2.28. The molecule has 2 aromatic carbocycles. The average Bonchev–Trinajstić information content (AvgIpc) is 2.89. The van der Waals surface area contributed by atoms with Crippen LogP contribution in [0.3, 0.4) is 0 Å². The Balaban J connectivity index is 1.89. The molecule has 20 heavy (non-hydrogen) atoms. The molecule has 0 aromatic heterocycles. The van der Waals surface area contributed by atoms with Crippen molar-refractivity contribution in [2.24, 2.45) is 0 Å². The maximum Gasteiger partial charge on any atom is 0.196 e. The maximum atomic E-state index is 5.91. The molecule has 0 saturated carbocycles. The molecule has 1 aliphatic heterocycles. The van der Waals surface area contributed by atoms with Gasteiger partial charge in [0.25, 0.3) is 0 Å². The number of nitrogens with one attached hydrogen (secondary N) is 1. The first-order chi connectivity index (χ1) is 9.71. The van der Waals surface area contributed by atoms with Gasteiger partial charge in [-0.15, -0.1) is 0 Å². The van der Waals surface area contributed by atoms with Crippen LogP contribution in [0.2, 0.25) is 0 Å². The number of anilines is 1. The van der Waals surface area contributed by atoms with Crippen molar-refractivity contribution in [3.63, 3.8) is 0 Å². The van der Waals surface area contributed by atoms with Crippen LogP contribution in [0.25, 0.3) is 0 Å². The Morgan fingerprint density at radius 3 is 2.55 bits per heavy atom. The van der Waals surface area contributed by atoms with Gasteiger partial charge in [-0.25, -0.2) is 0 Å². The number of hydrogen-bond acceptors (Lipinski definition) is 4. The lowest BCUT2D eigenvalue weighted by Crippen LogP contribution is -2.10. The topological polar surface area (TPSA) is 39.7 Å². The van der Waals surface area contributed by atoms with Crippen molar-refractivity contribution in [2.75, 3.05) is 19.5 Å². The Bertz CT molecular complexity index is 640. The molecule has 4 nitrogen and oxygen atoms in total. The number of hydrogen-bond donors (Lipinski definition) is 1. The minimum absolute atomic E-state index is 0.202. The summed E-state index contributed by atoms with van der Waals surface area (Å²) in [7, 11) is 3.25. The van der Waals surface area contributed by atoms with E-state index in [1.54, 1.807) is 14.2 Å². The van der Waals surface area contributed by atoms with E-state index in [1.807, 2.05) is 30.3 Å². The number of benzene rings is 2. The molecule has 1 N–H and O–H groups in total. The van der Waals surface area contributed by atoms with Crippen molar-refractivity contribution in [3.8, 4) is 17.2 Å². The summed E-state index contributed by atoms with van der Waals surface area (Å²) in [5, 5.41) is 3.36. The van der Waals surface area contributed by atoms with Crippen LogP contribution in [0.1, 0.15) is 17.4 Å². The molecule has 0 aliphatic carbocycles. The summed E-state index contributed by atoms with van der Waals surface area (Å²) in [6, 6.07) is 11.9. The Morgan fingerprint density at radius 2 is 1.80 bits per heavy atom. The Hall–Kier alpha value is -2.36. The second-order valence-electron chi connectivity index (χ2n) is 4.76. The number of ether oxygens (including phenoxy) is 3. The smallest absolute Gasteiger partial charge is 0.196 e. The van der Waals surface area contributed by atoms with Gasteiger partial charge in [-0.05, 0) is 42.8 Å². The Labute approximate surface area is 118 Å². The van der Waals surface area contributed by atoms with Gasteiger partial charge in [0, 0.05) is 5.56 Å². The zero-order chi connectivity index (χ0) is 14.1. The summed E-state index contributed by atoms with van der Waals surface area (Å²) >= 11 is 0. The molecular formula is C16H17NO3. The normalized spacial score (nSPS) is 16.1. The van der Waals surface area contributed by atoms with E-state index in [0.717, 1.165) is 17.0 Å². The van der Waals surface area contributed by atoms with Crippen LogP contribution in [0.4, 0.5) is 5.69 Å². The maximum absolute atomic E-state index is 5.91. The summed E-state index contributed by atoms with van der Waals surface area (Å²) in [5.41, 5.74) is 3.22. The highest BCUT2D eigenvalue weighted by Gasteiger charge is 2.24. The van der Waals surface area contributed by atoms with Crippen LogP contribution in [-0.2, 0) is 0 Å². The van der Waals surface area contributed by atoms with Crippen molar-refractivity contribution >= 4 is 5.69 Å². The third kappa shape index (κ3) is 2.13. The first-order valence-electron chi connectivity index (χ1n) is 6.47. The van der Waals surface area contributed by atoms with Crippen molar-refractivity contribution in [3.05, 3.63) is 47.5 Å². The highest BCUT2D eigenvalue weighted by atomic mass is 16.5. The molecule has 3 rings (SSSR count). The van der Waals surface area contributed by atoms with Gasteiger partial charge >= 0.3 is 0 Å². The largest absolute Gasteiger partial charge is 0.493 e. The van der Waals surface area contributed by atoms with Gasteiger partial charge in [0.05, 0.1) is 19.9 Å². The number of methoxy groups -OCH3 is 2. The zero-order valence-electron chi connectivity index (χ0n) is 11.8. The minimum atomic E-state index is -0.202. The average molecular weight is 271 g/mol. The molecule has 2 aromatic rings. The molecule has 1 aliphatic rings. The van der Waals surface area contributed by atoms with Crippen molar-refractivity contribution in [1.29, 1.82) is 0 Å². The van der Waals surface area contributed by atoms with Crippen molar-refractivity contribution in [2.45, 2.75) is 13.2 Å². The highest BCUT2D eigenvalue weighted by molar-refractivity contribution is 5.62. The van der Waals surface area contributed by atoms with Crippen molar-refractivity contribution < 1.29 is 14.2 Å². The van der Waals surface area contributed by atoms with Gasteiger partial charge < -0.3 is 19.5 Å². The summed E-state index contributed by atoms with van der Waals surface area (Å²) < 4.78 is 16.5. The third-order valence-corrected chi connectivity index (χ3v) is 3.38. The summed E-state index contributed by atoms with van der Waals surface area (Å²) in [4.78, 5) is 0. The van der Waals surface area contributed by atoms with E-state index in [0.29, 0.717) is 11.5 Å². The number of fused-ring (bicyclic) bond motifs is 1. The standard InChI is InChI=1S/C16H17NO3/c1-10-4-6-13-12(8-10)17-16(20-13)11-5-7-14(18-2)15(9-11)19-3/h4-9,16-17H,1-3H3/t16-/m1/s1. The van der Waals surface area contributed by atoms with Crippen LogP contribution in [0.5, 0.6) is 17.2 Å². The molecule has 0 saturated heterocycles. The van der Waals surface area contributed by atoms with Crippen LogP contribution < -0.4 is 19.5 Å². The van der Waals surface area contributed by atoms with Gasteiger partial charge in [0.15, 0.2) is 17.7 Å². The molecule has 0 spiro atoms. The fourth-order valence-electron chi connectivity index (χ4n) is 2.32. The molecule has 1 atom stereocenters. The lowest BCUT2D eigenvalue weighted by atomic mass is 10.1. The fourth-order valence-corrected chi connectivity index (χ4v) is 2.32. The van der Waals surface area contributed by atoms with Crippen LogP contribution in [-0.4, -0.2) is 14.2 Å². The molecule has 0 radical (unpaired) electrons. The Kier molecular flexibility index (Phi) is 3.14. The van der Waals surface area contributed by atoms with E-state index >= 15 is 0 Å². The highest BCUT2D eigenvalue weighted by Crippen LogP contribution is 2.40. The van der Waals surface area contributed by atoms with Gasteiger partial charge in [-0.2, -0.15) is 0 Å². The fraction of sp³-hybridized carbons (Fsp3) is 0.250. The van der Waals surface area contributed by atoms with Crippen molar-refractivity contribution in [1.82, 2.24) is 0 Å². The van der Waals surface area contributed by atoms with Gasteiger partial charge in [-0.1, -0.05) is 6.07 Å². The molecule has 0 unspecified atom stereocenters. The molecule has 0 amide bonds. The second kappa shape index (κ2) is 4.96. The van der Waals surface area contributed by atoms with E-state index in [-0.39, 0.29) is 6.23 Å². The van der Waals surface area contributed by atoms with E-state index in [1.165, 1.54) is 5.56 Å². The van der Waals surface area contributed by atoms with Crippen LogP contribution >= 0.6 is 0 Å². The van der Waals surface area contributed by atoms with E-state index < -0.39 is 0 Å². The van der Waals surface area contributed by atoms with E-state index in [4.69, 9.17) is 14.2 Å². The molecule has 4 heteroatoms. The minimum Gasteiger partial charge on any atom is -0.493 e. The molecule has 1 heterocycles. The quantitative estimate of drug-likeness (QED) is 0.927. The lowest BCUT2D eigenvalue weighted by molar-refractivity contribution is 0.258. The van der Waals surface area contributed by atoms with Crippen LogP contribution in [0, 0.1) is 6.92 Å². The SMILES string of the molecule is COc1ccc([C@@H]2Nc3cc(C)ccc3O2)cc1OC. The van der Waals surface area contributed by atoms with E-state index in [2.05, 4.69) is 18.3 Å². The number of aryl methyl sites for hydroxylation is 1. The molecule has 0 bridgehead atoms. The monoisotopic (exact) mass is 271 g/mol. The third-order valence-electron chi connectivity index (χ3n) is 3.38. The van der Waals surface area contributed by atoms with Crippen LogP contribution in [0.15, 0.2) is 36.4 Å². The first kappa shape index (κ1) is 12.7. The zero-order valence-corrected chi connectivity index (χ0v) is 11.8. The predicted molar refractivity (Wildman–Crippen MR) is 77.7 cm³/mol. The summed E-state index contributed by atoms with van der Waals surface area (Å²) in [6.07, 6.45) is -0.202. The molecular weight excluding hydrogens is 254 g/mol.